The summed E-state index contributed by atoms with van der Waals surface area (Å²) in [4.78, 5) is 0. The van der Waals surface area contributed by atoms with Crippen LogP contribution in [0.4, 0.5) is 0 Å². The van der Waals surface area contributed by atoms with E-state index in [9.17, 15) is 0 Å². The maximum absolute atomic E-state index is 3.19. The third kappa shape index (κ3) is 3.52. The van der Waals surface area contributed by atoms with Crippen molar-refractivity contribution in [1.82, 2.24) is 0 Å². The first-order valence-electron chi connectivity index (χ1n) is 5.90. The molecule has 86 valence electrons. The molecule has 0 aliphatic heterocycles. The quantitative estimate of drug-likeness (QED) is 0.506. The van der Waals surface area contributed by atoms with E-state index >= 15 is 0 Å². The molecule has 0 saturated heterocycles. The second kappa shape index (κ2) is 6.30. The van der Waals surface area contributed by atoms with Gasteiger partial charge in [0, 0.05) is 11.6 Å². The predicted octanol–water partition coefficient (Wildman–Crippen LogP) is 4.30. The molecule has 0 fully saturated rings. The van der Waals surface area contributed by atoms with Gasteiger partial charge in [0.25, 0.3) is 0 Å². The average Bonchev–Trinajstić information content (AvgIpc) is 2.45. The van der Waals surface area contributed by atoms with Crippen LogP contribution in [0.15, 0.2) is 72.5 Å². The van der Waals surface area contributed by atoms with Gasteiger partial charge >= 0.3 is 0 Å². The molecule has 0 saturated carbocycles. The molecule has 0 aromatic heterocycles. The Balaban J connectivity index is 2.15. The van der Waals surface area contributed by atoms with Gasteiger partial charge in [-0.25, -0.2) is 0 Å². The van der Waals surface area contributed by atoms with Crippen molar-refractivity contribution < 1.29 is 0 Å². The second-order valence-corrected chi connectivity index (χ2v) is 3.92. The average molecular weight is 230 g/mol. The van der Waals surface area contributed by atoms with Gasteiger partial charge in [-0.2, -0.15) is 0 Å². The number of hydrogen-bond acceptors (Lipinski definition) is 0. The molecule has 0 amide bonds. The molecule has 0 nitrogen and oxygen atoms in total. The Morgan fingerprint density at radius 2 is 1.50 bits per heavy atom. The van der Waals surface area contributed by atoms with Crippen LogP contribution in [0.25, 0.3) is 5.57 Å². The molecule has 0 bridgehead atoms. The summed E-state index contributed by atoms with van der Waals surface area (Å²) in [7, 11) is 0. The normalized spacial score (nSPS) is 8.72. The molecule has 0 heterocycles. The number of rotatable bonds is 1. The summed E-state index contributed by atoms with van der Waals surface area (Å²) in [6.45, 7) is 2.04. The third-order valence-corrected chi connectivity index (χ3v) is 2.56. The number of benzene rings is 2. The van der Waals surface area contributed by atoms with Crippen LogP contribution in [0.1, 0.15) is 18.1 Å². The molecule has 0 spiro atoms. The number of allylic oxidation sites excluding steroid dienone is 1. The highest BCUT2D eigenvalue weighted by atomic mass is 13.9. The fourth-order valence-electron chi connectivity index (χ4n) is 1.56. The van der Waals surface area contributed by atoms with Gasteiger partial charge in [0.2, 0.25) is 0 Å². The number of hydrogen-bond donors (Lipinski definition) is 0. The minimum atomic E-state index is 1.02. The lowest BCUT2D eigenvalue weighted by molar-refractivity contribution is 1.58. The molecule has 0 heteroatoms. The smallest absolute Gasteiger partial charge is 0.0308 e. The highest BCUT2D eigenvalue weighted by Crippen LogP contribution is 2.10. The Morgan fingerprint density at radius 1 is 0.889 bits per heavy atom. The Labute approximate surface area is 108 Å². The fraction of sp³-hybridized carbons (Fsp3) is 0.0556. The Hall–Kier alpha value is -2.48. The molecule has 0 atom stereocenters. The molecule has 2 rings (SSSR count). The molecule has 0 N–H and O–H groups in total. The summed E-state index contributed by atoms with van der Waals surface area (Å²) in [6.07, 6.45) is 1.77. The minimum absolute atomic E-state index is 1.02. The lowest BCUT2D eigenvalue weighted by Gasteiger charge is -1.95. The predicted molar refractivity (Wildman–Crippen MR) is 76.9 cm³/mol. The fourth-order valence-corrected chi connectivity index (χ4v) is 1.56. The second-order valence-electron chi connectivity index (χ2n) is 3.92. The van der Waals surface area contributed by atoms with E-state index in [1.165, 1.54) is 5.56 Å². The standard InChI is InChI=1S/C18H14/c1-16(18-14-6-3-7-15-18)10-8-9-13-17-11-4-2-5-12-17/h2-8,11-12,14-15H,1H3. The first-order valence-corrected chi connectivity index (χ1v) is 5.90. The first-order chi connectivity index (χ1) is 8.86. The van der Waals surface area contributed by atoms with E-state index < -0.39 is 0 Å². The van der Waals surface area contributed by atoms with Crippen LogP contribution in [-0.2, 0) is 0 Å². The van der Waals surface area contributed by atoms with Gasteiger partial charge in [-0.1, -0.05) is 60.4 Å². The van der Waals surface area contributed by atoms with Crippen LogP contribution >= 0.6 is 0 Å². The van der Waals surface area contributed by atoms with Crippen LogP contribution < -0.4 is 0 Å². The van der Waals surface area contributed by atoms with E-state index in [0.29, 0.717) is 0 Å². The van der Waals surface area contributed by atoms with Crippen LogP contribution in [-0.4, -0.2) is 0 Å². The van der Waals surface area contributed by atoms with Gasteiger partial charge in [0.05, 0.1) is 0 Å². The van der Waals surface area contributed by atoms with E-state index in [2.05, 4.69) is 29.7 Å². The van der Waals surface area contributed by atoms with E-state index in [-0.39, 0.29) is 0 Å². The molecular weight excluding hydrogens is 216 g/mol. The van der Waals surface area contributed by atoms with Crippen molar-refractivity contribution in [3.63, 3.8) is 0 Å². The lowest BCUT2D eigenvalue weighted by atomic mass is 10.1. The monoisotopic (exact) mass is 230 g/mol. The Kier molecular flexibility index (Phi) is 4.20. The van der Waals surface area contributed by atoms with E-state index in [1.54, 1.807) is 6.08 Å². The van der Waals surface area contributed by atoms with Crippen LogP contribution in [0.5, 0.6) is 0 Å². The first kappa shape index (κ1) is 12.0. The zero-order chi connectivity index (χ0) is 12.6. The lowest BCUT2D eigenvalue weighted by Crippen LogP contribution is -1.74. The van der Waals surface area contributed by atoms with Crippen LogP contribution in [0.2, 0.25) is 0 Å². The van der Waals surface area contributed by atoms with Crippen molar-refractivity contribution in [3.8, 4) is 11.8 Å². The highest BCUT2D eigenvalue weighted by Gasteiger charge is 1.89. The summed E-state index contributed by atoms with van der Waals surface area (Å²) in [5.74, 6) is 6.07. The largest absolute Gasteiger partial charge is 0.108 e. The van der Waals surface area contributed by atoms with Gasteiger partial charge in [0.1, 0.15) is 0 Å². The zero-order valence-corrected chi connectivity index (χ0v) is 10.4. The van der Waals surface area contributed by atoms with Crippen molar-refractivity contribution in [1.29, 1.82) is 0 Å². The van der Waals surface area contributed by atoms with E-state index in [1.807, 2.05) is 55.5 Å². The third-order valence-electron chi connectivity index (χ3n) is 2.56. The maximum atomic E-state index is 3.19. The van der Waals surface area contributed by atoms with Gasteiger partial charge < -0.3 is 0 Å². The van der Waals surface area contributed by atoms with E-state index in [4.69, 9.17) is 0 Å². The van der Waals surface area contributed by atoms with Crippen molar-refractivity contribution in [2.75, 3.05) is 0 Å². The minimum Gasteiger partial charge on any atom is -0.108 e. The summed E-state index contributed by atoms with van der Waals surface area (Å²) in [5, 5.41) is 0. The molecular formula is C18H14. The van der Waals surface area contributed by atoms with Crippen molar-refractivity contribution in [3.05, 3.63) is 83.6 Å². The molecule has 0 unspecified atom stereocenters. The van der Waals surface area contributed by atoms with Crippen molar-refractivity contribution in [2.45, 2.75) is 6.92 Å². The van der Waals surface area contributed by atoms with E-state index in [0.717, 1.165) is 11.1 Å². The Morgan fingerprint density at radius 3 is 2.17 bits per heavy atom. The molecule has 0 aliphatic rings. The zero-order valence-electron chi connectivity index (χ0n) is 10.4. The molecule has 0 aliphatic carbocycles. The molecule has 18 heavy (non-hydrogen) atoms. The van der Waals surface area contributed by atoms with Crippen LogP contribution in [0, 0.1) is 11.8 Å². The summed E-state index contributed by atoms with van der Waals surface area (Å²) in [5.41, 5.74) is 6.48. The summed E-state index contributed by atoms with van der Waals surface area (Å²) >= 11 is 0. The summed E-state index contributed by atoms with van der Waals surface area (Å²) < 4.78 is 0. The van der Waals surface area contributed by atoms with Crippen molar-refractivity contribution >= 4 is 5.57 Å². The van der Waals surface area contributed by atoms with Gasteiger partial charge in [-0.15, -0.1) is 5.73 Å². The maximum Gasteiger partial charge on any atom is 0.0308 e. The van der Waals surface area contributed by atoms with Gasteiger partial charge in [0.15, 0.2) is 0 Å². The topological polar surface area (TPSA) is 0 Å². The molecule has 2 aromatic rings. The van der Waals surface area contributed by atoms with Crippen molar-refractivity contribution in [2.24, 2.45) is 0 Å². The van der Waals surface area contributed by atoms with Gasteiger partial charge in [-0.3, -0.25) is 0 Å². The summed E-state index contributed by atoms with van der Waals surface area (Å²) in [6, 6.07) is 20.1. The molecule has 2 aromatic carbocycles. The highest BCUT2D eigenvalue weighted by molar-refractivity contribution is 5.63. The Bertz CT molecular complexity index is 616. The SMILES string of the molecule is CC(=C=CC#Cc1ccccc1)c1ccccc1. The molecule has 0 radical (unpaired) electrons. The van der Waals surface area contributed by atoms with Gasteiger partial charge in [-0.05, 0) is 30.2 Å². The van der Waals surface area contributed by atoms with Crippen LogP contribution in [0.3, 0.4) is 0 Å².